The van der Waals surface area contributed by atoms with Gasteiger partial charge in [0.15, 0.2) is 12.2 Å². The van der Waals surface area contributed by atoms with Gasteiger partial charge in [-0.25, -0.2) is 0 Å². The Kier molecular flexibility index (Phi) is 6.71. The second kappa shape index (κ2) is 10.5. The Morgan fingerprint density at radius 1 is 0.897 bits per heavy atom. The largest absolute Gasteiger partial charge is 0.496 e. The van der Waals surface area contributed by atoms with Crippen LogP contribution in [-0.2, 0) is 6.54 Å². The third-order valence-electron chi connectivity index (χ3n) is 7.25. The number of para-hydroxylation sites is 1. The van der Waals surface area contributed by atoms with E-state index in [2.05, 4.69) is 95.2 Å². The summed E-state index contributed by atoms with van der Waals surface area (Å²) in [5.74, 6) is 1.60. The van der Waals surface area contributed by atoms with Crippen molar-refractivity contribution in [3.8, 4) is 22.6 Å². The Hall–Kier alpha value is -4.29. The van der Waals surface area contributed by atoms with Gasteiger partial charge >= 0.3 is 0 Å². The van der Waals surface area contributed by atoms with Crippen LogP contribution in [-0.4, -0.2) is 26.3 Å². The zero-order chi connectivity index (χ0) is 26.9. The van der Waals surface area contributed by atoms with E-state index in [-0.39, 0.29) is 0 Å². The topological polar surface area (TPSA) is 38.5 Å². The number of thioether (sulfide) groups is 1. The average molecular weight is 533 g/mol. The van der Waals surface area contributed by atoms with Gasteiger partial charge in [0.1, 0.15) is 11.5 Å². The van der Waals surface area contributed by atoms with Crippen molar-refractivity contribution in [3.63, 3.8) is 0 Å². The zero-order valence-electron chi connectivity index (χ0n) is 22.5. The summed E-state index contributed by atoms with van der Waals surface area (Å²) in [5.41, 5.74) is 8.11. The molecule has 3 heterocycles. The molecule has 0 aliphatic carbocycles. The highest BCUT2D eigenvalue weighted by Gasteiger charge is 2.25. The molecule has 39 heavy (non-hydrogen) atoms. The molecule has 0 amide bonds. The standard InChI is InChI=1S/C33H30N3O2S/c1-22-18-25(26-8-5-6-9-27(26)36(22)21-23-14-16-34-17-15-23)20-32-35(2)28-13-12-24(19-31(28)39-32)33-29(37-3)10-7-11-30(33)38-4/h5-20H,21H2,1-4H3/q+1. The SMILES string of the molecule is COc1cccc(OC)c1-c1ccc2c(c1)SC(=Cc1cc(C)[n+](Cc3ccncc3)c3ccccc13)N2C. The fourth-order valence-corrected chi connectivity index (χ4v) is 6.39. The van der Waals surface area contributed by atoms with Crippen molar-refractivity contribution in [2.75, 3.05) is 26.2 Å². The fraction of sp³-hybridized carbons (Fsp3) is 0.152. The van der Waals surface area contributed by atoms with Crippen molar-refractivity contribution < 1.29 is 14.0 Å². The lowest BCUT2D eigenvalue weighted by molar-refractivity contribution is -0.668. The summed E-state index contributed by atoms with van der Waals surface area (Å²) < 4.78 is 13.7. The van der Waals surface area contributed by atoms with Gasteiger partial charge in [-0.05, 0) is 59.7 Å². The summed E-state index contributed by atoms with van der Waals surface area (Å²) in [6.45, 7) is 2.99. The smallest absolute Gasteiger partial charge is 0.213 e. The van der Waals surface area contributed by atoms with Gasteiger partial charge in [0.2, 0.25) is 5.52 Å². The third-order valence-corrected chi connectivity index (χ3v) is 8.40. The Morgan fingerprint density at radius 2 is 1.64 bits per heavy atom. The van der Waals surface area contributed by atoms with E-state index in [0.717, 1.165) is 29.2 Å². The highest BCUT2D eigenvalue weighted by molar-refractivity contribution is 8.03. The molecular weight excluding hydrogens is 502 g/mol. The monoisotopic (exact) mass is 532 g/mol. The Balaban J connectivity index is 1.39. The zero-order valence-corrected chi connectivity index (χ0v) is 23.3. The quantitative estimate of drug-likeness (QED) is 0.218. The predicted molar refractivity (Wildman–Crippen MR) is 159 cm³/mol. The summed E-state index contributed by atoms with van der Waals surface area (Å²) in [7, 11) is 5.53. The van der Waals surface area contributed by atoms with Crippen molar-refractivity contribution in [2.24, 2.45) is 0 Å². The van der Waals surface area contributed by atoms with E-state index in [9.17, 15) is 0 Å². The minimum Gasteiger partial charge on any atom is -0.496 e. The molecule has 0 bridgehead atoms. The molecule has 0 spiro atoms. The molecule has 194 valence electrons. The number of pyridine rings is 2. The van der Waals surface area contributed by atoms with E-state index in [1.807, 2.05) is 30.6 Å². The summed E-state index contributed by atoms with van der Waals surface area (Å²) in [4.78, 5) is 7.65. The fourth-order valence-electron chi connectivity index (χ4n) is 5.25. The maximum absolute atomic E-state index is 5.67. The van der Waals surface area contributed by atoms with Crippen molar-refractivity contribution in [2.45, 2.75) is 18.4 Å². The van der Waals surface area contributed by atoms with E-state index < -0.39 is 0 Å². The van der Waals surface area contributed by atoms with Crippen LogP contribution in [0.1, 0.15) is 16.8 Å². The highest BCUT2D eigenvalue weighted by atomic mass is 32.2. The molecular formula is C33H30N3O2S+. The lowest BCUT2D eigenvalue weighted by Crippen LogP contribution is -2.38. The minimum absolute atomic E-state index is 0.799. The Morgan fingerprint density at radius 3 is 2.38 bits per heavy atom. The van der Waals surface area contributed by atoms with Crippen LogP contribution in [0.15, 0.2) is 101 Å². The van der Waals surface area contributed by atoms with Crippen molar-refractivity contribution in [1.82, 2.24) is 4.98 Å². The average Bonchev–Trinajstić information content (AvgIpc) is 3.29. The predicted octanol–water partition coefficient (Wildman–Crippen LogP) is 7.10. The first-order valence-corrected chi connectivity index (χ1v) is 13.7. The number of aromatic nitrogens is 2. The molecule has 5 nitrogen and oxygen atoms in total. The molecule has 0 radical (unpaired) electrons. The molecule has 0 saturated carbocycles. The van der Waals surface area contributed by atoms with Gasteiger partial charge in [0.05, 0.1) is 35.9 Å². The van der Waals surface area contributed by atoms with Crippen LogP contribution >= 0.6 is 11.8 Å². The number of hydrogen-bond acceptors (Lipinski definition) is 5. The van der Waals surface area contributed by atoms with Crippen LogP contribution in [0.4, 0.5) is 5.69 Å². The molecule has 0 fully saturated rings. The lowest BCUT2D eigenvalue weighted by Gasteiger charge is -2.16. The number of benzene rings is 3. The first-order valence-electron chi connectivity index (χ1n) is 12.9. The third kappa shape index (κ3) is 4.61. The molecule has 0 unspecified atom stereocenters. The van der Waals surface area contributed by atoms with E-state index in [1.54, 1.807) is 26.0 Å². The van der Waals surface area contributed by atoms with Gasteiger partial charge in [0, 0.05) is 49.0 Å². The van der Waals surface area contributed by atoms with E-state index >= 15 is 0 Å². The summed E-state index contributed by atoms with van der Waals surface area (Å²) >= 11 is 1.79. The highest BCUT2D eigenvalue weighted by Crippen LogP contribution is 2.49. The summed E-state index contributed by atoms with van der Waals surface area (Å²) in [6, 6.07) is 27.5. The number of aryl methyl sites for hydroxylation is 1. The van der Waals surface area contributed by atoms with Crippen LogP contribution in [0.5, 0.6) is 11.5 Å². The summed E-state index contributed by atoms with van der Waals surface area (Å²) in [5, 5.41) is 2.42. The van der Waals surface area contributed by atoms with Crippen LogP contribution in [0.2, 0.25) is 0 Å². The van der Waals surface area contributed by atoms with Crippen molar-refractivity contribution in [3.05, 3.63) is 113 Å². The van der Waals surface area contributed by atoms with Crippen molar-refractivity contribution >= 4 is 34.4 Å². The van der Waals surface area contributed by atoms with Gasteiger partial charge in [0.25, 0.3) is 0 Å². The van der Waals surface area contributed by atoms with Crippen LogP contribution in [0, 0.1) is 6.92 Å². The number of fused-ring (bicyclic) bond motifs is 2. The van der Waals surface area contributed by atoms with Crippen LogP contribution < -0.4 is 18.9 Å². The van der Waals surface area contributed by atoms with E-state index in [1.165, 1.54) is 43.3 Å². The van der Waals surface area contributed by atoms with Gasteiger partial charge < -0.3 is 14.4 Å². The molecule has 6 rings (SSSR count). The first-order chi connectivity index (χ1) is 19.1. The molecule has 6 heteroatoms. The molecule has 5 aromatic rings. The maximum Gasteiger partial charge on any atom is 0.213 e. The second-order valence-electron chi connectivity index (χ2n) is 9.56. The minimum atomic E-state index is 0.799. The Bertz CT molecular complexity index is 1690. The van der Waals surface area contributed by atoms with E-state index in [4.69, 9.17) is 9.47 Å². The number of nitrogens with zero attached hydrogens (tertiary/aromatic N) is 3. The molecule has 0 N–H and O–H groups in total. The van der Waals surface area contributed by atoms with Gasteiger partial charge in [-0.1, -0.05) is 36.0 Å². The van der Waals surface area contributed by atoms with Gasteiger partial charge in [-0.2, -0.15) is 4.57 Å². The van der Waals surface area contributed by atoms with E-state index in [0.29, 0.717) is 0 Å². The van der Waals surface area contributed by atoms with Crippen LogP contribution in [0.25, 0.3) is 28.1 Å². The molecule has 2 aromatic heterocycles. The normalized spacial score (nSPS) is 13.6. The van der Waals surface area contributed by atoms with Gasteiger partial charge in [-0.15, -0.1) is 0 Å². The number of anilines is 1. The molecule has 0 atom stereocenters. The number of ether oxygens (including phenoxy) is 2. The first kappa shape index (κ1) is 25.0. The summed E-state index contributed by atoms with van der Waals surface area (Å²) in [6.07, 6.45) is 6.01. The van der Waals surface area contributed by atoms with Gasteiger partial charge in [-0.3, -0.25) is 4.98 Å². The number of methoxy groups -OCH3 is 2. The number of hydrogen-bond donors (Lipinski definition) is 0. The molecule has 1 aliphatic heterocycles. The number of rotatable bonds is 6. The maximum atomic E-state index is 5.67. The van der Waals surface area contributed by atoms with Crippen molar-refractivity contribution in [1.29, 1.82) is 0 Å². The molecule has 0 saturated heterocycles. The Labute approximate surface area is 233 Å². The molecule has 1 aliphatic rings. The lowest BCUT2D eigenvalue weighted by atomic mass is 10.0. The van der Waals surface area contributed by atoms with Crippen LogP contribution in [0.3, 0.4) is 0 Å². The second-order valence-corrected chi connectivity index (χ2v) is 10.6. The molecule has 3 aromatic carbocycles.